The van der Waals surface area contributed by atoms with E-state index in [2.05, 4.69) is 25.7 Å². The molecule has 0 bridgehead atoms. The third-order valence-electron chi connectivity index (χ3n) is 5.66. The summed E-state index contributed by atoms with van der Waals surface area (Å²) in [5.41, 5.74) is 6.10. The Morgan fingerprint density at radius 1 is 0.914 bits per heavy atom. The topological polar surface area (TPSA) is 88.6 Å². The molecule has 1 unspecified atom stereocenters. The van der Waals surface area contributed by atoms with Crippen LogP contribution in [0.25, 0.3) is 22.5 Å². The molecule has 0 amide bonds. The fourth-order valence-corrected chi connectivity index (χ4v) is 5.00. The van der Waals surface area contributed by atoms with E-state index in [9.17, 15) is 0 Å². The molecular formula is C26H19ClN6OS. The number of H-pyrrole nitrogens is 1. The number of hydrogen-bond acceptors (Lipinski definition) is 7. The molecule has 0 saturated carbocycles. The Kier molecular flexibility index (Phi) is 5.81. The van der Waals surface area contributed by atoms with E-state index in [0.29, 0.717) is 27.5 Å². The number of benzene rings is 3. The second-order valence-corrected chi connectivity index (χ2v) is 9.23. The van der Waals surface area contributed by atoms with Crippen molar-refractivity contribution < 1.29 is 4.74 Å². The fraction of sp³-hybridized carbons (Fsp3) is 0.0769. The summed E-state index contributed by atoms with van der Waals surface area (Å²) in [6.45, 7) is 0. The van der Waals surface area contributed by atoms with Crippen LogP contribution in [-0.4, -0.2) is 25.4 Å². The molecule has 0 radical (unpaired) electrons. The zero-order chi connectivity index (χ0) is 23.6. The van der Waals surface area contributed by atoms with E-state index < -0.39 is 6.23 Å². The molecule has 0 spiro atoms. The summed E-state index contributed by atoms with van der Waals surface area (Å²) in [5, 5.41) is 21.0. The summed E-state index contributed by atoms with van der Waals surface area (Å²) < 4.78 is 6.44. The zero-order valence-corrected chi connectivity index (χ0v) is 19.9. The molecule has 3 aromatic carbocycles. The van der Waals surface area contributed by atoms with Crippen LogP contribution in [-0.2, 0) is 5.75 Å². The average Bonchev–Trinajstić information content (AvgIpc) is 3.33. The molecule has 1 atom stereocenters. The van der Waals surface area contributed by atoms with Crippen LogP contribution < -0.4 is 10.1 Å². The van der Waals surface area contributed by atoms with Gasteiger partial charge in [-0.25, -0.2) is 0 Å². The molecule has 0 saturated heterocycles. The van der Waals surface area contributed by atoms with Gasteiger partial charge < -0.3 is 10.1 Å². The smallest absolute Gasteiger partial charge is 0.247 e. The van der Waals surface area contributed by atoms with E-state index in [1.807, 2.05) is 78.9 Å². The van der Waals surface area contributed by atoms with Crippen molar-refractivity contribution in [3.05, 3.63) is 101 Å². The second kappa shape index (κ2) is 9.40. The van der Waals surface area contributed by atoms with Crippen molar-refractivity contribution in [1.82, 2.24) is 25.4 Å². The molecule has 0 aliphatic carbocycles. The Hall–Kier alpha value is -3.88. The monoisotopic (exact) mass is 498 g/mol. The first-order chi connectivity index (χ1) is 17.3. The fourth-order valence-electron chi connectivity index (χ4n) is 3.94. The molecular weight excluding hydrogens is 480 g/mol. The summed E-state index contributed by atoms with van der Waals surface area (Å²) >= 11 is 7.77. The van der Waals surface area contributed by atoms with E-state index in [4.69, 9.17) is 21.3 Å². The maximum atomic E-state index is 6.44. The van der Waals surface area contributed by atoms with Crippen LogP contribution >= 0.6 is 23.4 Å². The highest BCUT2D eigenvalue weighted by atomic mass is 35.5. The number of ether oxygens (including phenoxy) is 1. The van der Waals surface area contributed by atoms with Gasteiger partial charge >= 0.3 is 0 Å². The van der Waals surface area contributed by atoms with Gasteiger partial charge in [-0.3, -0.25) is 5.10 Å². The van der Waals surface area contributed by atoms with Crippen LogP contribution in [0.2, 0.25) is 5.02 Å². The van der Waals surface area contributed by atoms with Crippen molar-refractivity contribution in [3.8, 4) is 28.4 Å². The van der Waals surface area contributed by atoms with Gasteiger partial charge in [-0.15, -0.1) is 10.2 Å². The number of anilines is 1. The number of aromatic nitrogens is 5. The molecule has 35 heavy (non-hydrogen) atoms. The second-order valence-electron chi connectivity index (χ2n) is 7.88. The van der Waals surface area contributed by atoms with Gasteiger partial charge in [0.1, 0.15) is 0 Å². The summed E-state index contributed by atoms with van der Waals surface area (Å²) in [4.78, 5) is 4.73. The van der Waals surface area contributed by atoms with Gasteiger partial charge in [-0.1, -0.05) is 90.1 Å². The third kappa shape index (κ3) is 4.34. The van der Waals surface area contributed by atoms with Gasteiger partial charge in [0.15, 0.2) is 5.69 Å². The Morgan fingerprint density at radius 3 is 2.60 bits per heavy atom. The molecule has 0 fully saturated rings. The number of halogens is 1. The lowest BCUT2D eigenvalue weighted by molar-refractivity contribution is 0.226. The predicted molar refractivity (Wildman–Crippen MR) is 137 cm³/mol. The summed E-state index contributed by atoms with van der Waals surface area (Å²) in [5.74, 6) is 1.03. The number of hydrogen-bond donors (Lipinski definition) is 2. The lowest BCUT2D eigenvalue weighted by atomic mass is 10.1. The maximum absolute atomic E-state index is 6.44. The quantitative estimate of drug-likeness (QED) is 0.272. The molecule has 172 valence electrons. The molecule has 7 nitrogen and oxygen atoms in total. The SMILES string of the molecule is Clc1ccccc1CSc1nnc2c(n1)OC(c1cn[nH]c1-c1ccccc1)Nc1ccccc1-2. The van der Waals surface area contributed by atoms with Crippen molar-refractivity contribution in [2.45, 2.75) is 17.1 Å². The summed E-state index contributed by atoms with van der Waals surface area (Å²) in [6, 6.07) is 25.7. The number of rotatable bonds is 5. The van der Waals surface area contributed by atoms with E-state index in [0.717, 1.165) is 33.6 Å². The molecule has 2 aromatic heterocycles. The largest absolute Gasteiger partial charge is 0.448 e. The highest BCUT2D eigenvalue weighted by molar-refractivity contribution is 7.98. The first-order valence-corrected chi connectivity index (χ1v) is 12.3. The molecule has 1 aliphatic heterocycles. The number of para-hydroxylation sites is 1. The number of nitrogens with one attached hydrogen (secondary N) is 2. The highest BCUT2D eigenvalue weighted by Gasteiger charge is 2.28. The average molecular weight is 499 g/mol. The molecule has 1 aliphatic rings. The highest BCUT2D eigenvalue weighted by Crippen LogP contribution is 2.41. The Morgan fingerprint density at radius 2 is 1.71 bits per heavy atom. The Labute approximate surface area is 210 Å². The number of thioether (sulfide) groups is 1. The number of fused-ring (bicyclic) bond motifs is 3. The van der Waals surface area contributed by atoms with E-state index in [-0.39, 0.29) is 0 Å². The van der Waals surface area contributed by atoms with E-state index in [1.165, 1.54) is 11.8 Å². The zero-order valence-electron chi connectivity index (χ0n) is 18.4. The molecule has 2 N–H and O–H groups in total. The van der Waals surface area contributed by atoms with Crippen molar-refractivity contribution in [2.75, 3.05) is 5.32 Å². The van der Waals surface area contributed by atoms with Crippen LogP contribution in [0, 0.1) is 0 Å². The van der Waals surface area contributed by atoms with Gasteiger partial charge in [0.2, 0.25) is 17.3 Å². The Bertz CT molecular complexity index is 1490. The molecule has 9 heteroatoms. The maximum Gasteiger partial charge on any atom is 0.247 e. The number of aromatic amines is 1. The van der Waals surface area contributed by atoms with Crippen LogP contribution in [0.5, 0.6) is 5.88 Å². The first-order valence-electron chi connectivity index (χ1n) is 11.0. The lowest BCUT2D eigenvalue weighted by Crippen LogP contribution is -2.17. The standard InChI is InChI=1S/C26H19ClN6OS/c27-20-12-6-4-10-17(20)15-35-26-30-25-23(32-33-26)18-11-5-7-13-21(18)29-24(34-25)19-14-28-31-22(19)16-8-2-1-3-9-16/h1-14,24,29H,15H2,(H,28,31). The predicted octanol–water partition coefficient (Wildman–Crippen LogP) is 6.38. The third-order valence-corrected chi connectivity index (χ3v) is 6.92. The van der Waals surface area contributed by atoms with Crippen LogP contribution in [0.15, 0.2) is 90.2 Å². The first kappa shape index (κ1) is 21.6. The summed E-state index contributed by atoms with van der Waals surface area (Å²) in [7, 11) is 0. The molecule has 3 heterocycles. The van der Waals surface area contributed by atoms with Gasteiger partial charge in [0.05, 0.1) is 17.5 Å². The van der Waals surface area contributed by atoms with Crippen LogP contribution in [0.3, 0.4) is 0 Å². The van der Waals surface area contributed by atoms with Crippen molar-refractivity contribution in [3.63, 3.8) is 0 Å². The van der Waals surface area contributed by atoms with Gasteiger partial charge in [-0.05, 0) is 17.7 Å². The number of nitrogens with zero attached hydrogens (tertiary/aromatic N) is 4. The normalized spacial score (nSPS) is 14.3. The minimum Gasteiger partial charge on any atom is -0.448 e. The molecule has 6 rings (SSSR count). The summed E-state index contributed by atoms with van der Waals surface area (Å²) in [6.07, 6.45) is 1.24. The van der Waals surface area contributed by atoms with E-state index >= 15 is 0 Å². The van der Waals surface area contributed by atoms with Crippen molar-refractivity contribution in [2.24, 2.45) is 0 Å². The minimum atomic E-state index is -0.538. The van der Waals surface area contributed by atoms with E-state index in [1.54, 1.807) is 6.20 Å². The van der Waals surface area contributed by atoms with Crippen LogP contribution in [0.4, 0.5) is 5.69 Å². The van der Waals surface area contributed by atoms with Gasteiger partial charge in [0, 0.05) is 27.6 Å². The Balaban J connectivity index is 1.37. The van der Waals surface area contributed by atoms with Crippen LogP contribution in [0.1, 0.15) is 17.4 Å². The van der Waals surface area contributed by atoms with Gasteiger partial charge in [0.25, 0.3) is 0 Å². The lowest BCUT2D eigenvalue weighted by Gasteiger charge is -2.19. The minimum absolute atomic E-state index is 0.407. The molecule has 5 aromatic rings. The van der Waals surface area contributed by atoms with Crippen molar-refractivity contribution >= 4 is 29.1 Å². The van der Waals surface area contributed by atoms with Gasteiger partial charge in [-0.2, -0.15) is 10.1 Å². The van der Waals surface area contributed by atoms with Crippen molar-refractivity contribution in [1.29, 1.82) is 0 Å².